The van der Waals surface area contributed by atoms with Crippen molar-refractivity contribution in [3.8, 4) is 5.75 Å². The van der Waals surface area contributed by atoms with E-state index in [9.17, 15) is 9.59 Å². The second kappa shape index (κ2) is 12.8. The number of ether oxygens (including phenoxy) is 3. The smallest absolute Gasteiger partial charge is 0.333 e. The summed E-state index contributed by atoms with van der Waals surface area (Å²) in [5.74, 6) is 0.122. The van der Waals surface area contributed by atoms with Crippen LogP contribution in [0, 0.1) is 0 Å². The summed E-state index contributed by atoms with van der Waals surface area (Å²) < 4.78 is 15.3. The normalized spacial score (nSPS) is 10.5. The van der Waals surface area contributed by atoms with Crippen LogP contribution in [0.3, 0.4) is 0 Å². The topological polar surface area (TPSA) is 61.8 Å². The molecule has 5 heteroatoms. The number of rotatable bonds is 12. The van der Waals surface area contributed by atoms with Crippen LogP contribution in [-0.2, 0) is 19.1 Å². The molecule has 1 rings (SSSR count). The van der Waals surface area contributed by atoms with E-state index in [2.05, 4.69) is 11.3 Å². The monoisotopic (exact) mass is 360 g/mol. The highest BCUT2D eigenvalue weighted by molar-refractivity contribution is 5.87. The van der Waals surface area contributed by atoms with Crippen molar-refractivity contribution < 1.29 is 23.8 Å². The van der Waals surface area contributed by atoms with Gasteiger partial charge >= 0.3 is 11.9 Å². The third-order valence-corrected chi connectivity index (χ3v) is 3.63. The zero-order chi connectivity index (χ0) is 19.2. The van der Waals surface area contributed by atoms with Crippen molar-refractivity contribution in [1.82, 2.24) is 0 Å². The first-order valence-corrected chi connectivity index (χ1v) is 8.84. The Morgan fingerprint density at radius 3 is 2.23 bits per heavy atom. The highest BCUT2D eigenvalue weighted by Gasteiger charge is 2.01. The number of hydrogen-bond donors (Lipinski definition) is 0. The Hall–Kier alpha value is -2.56. The predicted molar refractivity (Wildman–Crippen MR) is 102 cm³/mol. The van der Waals surface area contributed by atoms with E-state index in [1.807, 2.05) is 24.3 Å². The van der Waals surface area contributed by atoms with E-state index in [4.69, 9.17) is 9.47 Å². The van der Waals surface area contributed by atoms with Crippen molar-refractivity contribution >= 4 is 18.0 Å². The summed E-state index contributed by atoms with van der Waals surface area (Å²) in [7, 11) is 1.35. The van der Waals surface area contributed by atoms with E-state index in [1.165, 1.54) is 13.2 Å². The summed E-state index contributed by atoms with van der Waals surface area (Å²) in [5, 5.41) is 0. The van der Waals surface area contributed by atoms with Crippen LogP contribution in [0.4, 0.5) is 0 Å². The molecule has 0 heterocycles. The zero-order valence-corrected chi connectivity index (χ0v) is 15.7. The zero-order valence-electron chi connectivity index (χ0n) is 15.7. The molecule has 0 atom stereocenters. The number of esters is 2. The molecule has 0 saturated carbocycles. The number of hydrogen-bond acceptors (Lipinski definition) is 5. The van der Waals surface area contributed by atoms with E-state index < -0.39 is 0 Å². The second-order valence-corrected chi connectivity index (χ2v) is 5.96. The summed E-state index contributed by atoms with van der Waals surface area (Å²) in [5.41, 5.74) is 1.35. The Kier molecular flexibility index (Phi) is 10.5. The van der Waals surface area contributed by atoms with Gasteiger partial charge in [-0.1, -0.05) is 38.0 Å². The fraction of sp³-hybridized carbons (Fsp3) is 0.429. The quantitative estimate of drug-likeness (QED) is 0.315. The van der Waals surface area contributed by atoms with Gasteiger partial charge in [-0.3, -0.25) is 0 Å². The van der Waals surface area contributed by atoms with Gasteiger partial charge in [0.2, 0.25) is 0 Å². The summed E-state index contributed by atoms with van der Waals surface area (Å²) in [6, 6.07) is 7.54. The Balaban J connectivity index is 2.07. The molecular formula is C21H28O5. The summed E-state index contributed by atoms with van der Waals surface area (Å²) >= 11 is 0. The maximum absolute atomic E-state index is 11.2. The molecule has 0 N–H and O–H groups in total. The van der Waals surface area contributed by atoms with E-state index in [-0.39, 0.29) is 11.9 Å². The Morgan fingerprint density at radius 2 is 1.62 bits per heavy atom. The molecule has 0 fully saturated rings. The lowest BCUT2D eigenvalue weighted by Crippen LogP contribution is -2.06. The largest absolute Gasteiger partial charge is 0.494 e. The van der Waals surface area contributed by atoms with Crippen molar-refractivity contribution in [3.63, 3.8) is 0 Å². The minimum absolute atomic E-state index is 0.315. The molecule has 5 nitrogen and oxygen atoms in total. The van der Waals surface area contributed by atoms with E-state index in [0.717, 1.165) is 43.4 Å². The van der Waals surface area contributed by atoms with Crippen LogP contribution in [0.25, 0.3) is 6.08 Å². The minimum Gasteiger partial charge on any atom is -0.494 e. The molecule has 0 saturated heterocycles. The number of benzene rings is 1. The lowest BCUT2D eigenvalue weighted by molar-refractivity contribution is -0.139. The minimum atomic E-state index is -0.376. The summed E-state index contributed by atoms with van der Waals surface area (Å²) in [6.07, 6.45) is 8.14. The van der Waals surface area contributed by atoms with Gasteiger partial charge in [-0.05, 0) is 43.5 Å². The van der Waals surface area contributed by atoms with Crippen molar-refractivity contribution in [2.45, 2.75) is 39.0 Å². The van der Waals surface area contributed by atoms with Crippen LogP contribution in [0.1, 0.15) is 44.6 Å². The fourth-order valence-corrected chi connectivity index (χ4v) is 2.12. The first-order chi connectivity index (χ1) is 12.5. The van der Waals surface area contributed by atoms with Gasteiger partial charge in [0.1, 0.15) is 5.75 Å². The third kappa shape index (κ3) is 9.67. The maximum Gasteiger partial charge on any atom is 0.333 e. The first-order valence-electron chi connectivity index (χ1n) is 8.84. The molecule has 0 spiro atoms. The summed E-state index contributed by atoms with van der Waals surface area (Å²) in [4.78, 5) is 22.2. The molecule has 0 aliphatic carbocycles. The molecule has 1 aromatic carbocycles. The second-order valence-electron chi connectivity index (χ2n) is 5.96. The molecule has 0 amide bonds. The fourth-order valence-electron chi connectivity index (χ4n) is 2.12. The molecule has 0 aromatic heterocycles. The Labute approximate surface area is 155 Å². The Bertz CT molecular complexity index is 601. The molecular weight excluding hydrogens is 332 g/mol. The van der Waals surface area contributed by atoms with Gasteiger partial charge in [0.05, 0.1) is 20.3 Å². The molecule has 0 aliphatic heterocycles. The third-order valence-electron chi connectivity index (χ3n) is 3.63. The standard InChI is InChI=1S/C21H28O5/c1-17(2)21(23)26-16-8-6-4-5-7-15-25-19-12-9-18(10-13-19)11-14-20(22)24-3/h9-14H,1,4-8,15-16H2,2-3H3. The van der Waals surface area contributed by atoms with Crippen LogP contribution in [0.15, 0.2) is 42.5 Å². The lowest BCUT2D eigenvalue weighted by atomic mass is 10.1. The molecule has 1 aromatic rings. The van der Waals surface area contributed by atoms with E-state index in [0.29, 0.717) is 18.8 Å². The molecule has 0 aliphatic rings. The first kappa shape index (κ1) is 21.5. The van der Waals surface area contributed by atoms with E-state index >= 15 is 0 Å². The molecule has 26 heavy (non-hydrogen) atoms. The van der Waals surface area contributed by atoms with Crippen LogP contribution >= 0.6 is 0 Å². The van der Waals surface area contributed by atoms with Gasteiger partial charge in [-0.25, -0.2) is 9.59 Å². The predicted octanol–water partition coefficient (Wildman–Crippen LogP) is 4.32. The number of carbonyl (C=O) groups is 2. The van der Waals surface area contributed by atoms with E-state index in [1.54, 1.807) is 13.0 Å². The molecule has 142 valence electrons. The number of unbranched alkanes of at least 4 members (excludes halogenated alkanes) is 4. The van der Waals surface area contributed by atoms with Crippen molar-refractivity contribution in [3.05, 3.63) is 48.1 Å². The molecule has 0 bridgehead atoms. The highest BCUT2D eigenvalue weighted by atomic mass is 16.5. The van der Waals surface area contributed by atoms with Gasteiger partial charge in [0.25, 0.3) is 0 Å². The highest BCUT2D eigenvalue weighted by Crippen LogP contribution is 2.14. The van der Waals surface area contributed by atoms with Gasteiger partial charge in [-0.15, -0.1) is 0 Å². The lowest BCUT2D eigenvalue weighted by Gasteiger charge is -2.07. The maximum atomic E-state index is 11.2. The van der Waals surface area contributed by atoms with Crippen molar-refractivity contribution in [2.75, 3.05) is 20.3 Å². The van der Waals surface area contributed by atoms with Crippen LogP contribution in [0.5, 0.6) is 5.75 Å². The van der Waals surface area contributed by atoms with Gasteiger partial charge in [0.15, 0.2) is 0 Å². The van der Waals surface area contributed by atoms with Crippen LogP contribution < -0.4 is 4.74 Å². The number of methoxy groups -OCH3 is 1. The van der Waals surface area contributed by atoms with Gasteiger partial charge in [0, 0.05) is 11.6 Å². The average molecular weight is 360 g/mol. The number of carbonyl (C=O) groups excluding carboxylic acids is 2. The molecule has 0 unspecified atom stereocenters. The Morgan fingerprint density at radius 1 is 1.00 bits per heavy atom. The average Bonchev–Trinajstić information content (AvgIpc) is 2.65. The van der Waals surface area contributed by atoms with Crippen LogP contribution in [0.2, 0.25) is 0 Å². The SMILES string of the molecule is C=C(C)C(=O)OCCCCCCCOc1ccc(C=CC(=O)OC)cc1. The van der Waals surface area contributed by atoms with Crippen molar-refractivity contribution in [2.24, 2.45) is 0 Å². The van der Waals surface area contributed by atoms with Crippen molar-refractivity contribution in [1.29, 1.82) is 0 Å². The van der Waals surface area contributed by atoms with Gasteiger partial charge < -0.3 is 14.2 Å². The summed E-state index contributed by atoms with van der Waals surface area (Å²) in [6.45, 7) is 6.32. The van der Waals surface area contributed by atoms with Crippen LogP contribution in [-0.4, -0.2) is 32.3 Å². The van der Waals surface area contributed by atoms with Gasteiger partial charge in [-0.2, -0.15) is 0 Å². The molecule has 0 radical (unpaired) electrons.